The van der Waals surface area contributed by atoms with Gasteiger partial charge < -0.3 is 19.3 Å². The lowest BCUT2D eigenvalue weighted by molar-refractivity contribution is -0.145. The van der Waals surface area contributed by atoms with Gasteiger partial charge in [0.15, 0.2) is 0 Å². The van der Waals surface area contributed by atoms with Gasteiger partial charge in [0.2, 0.25) is 5.91 Å². The average molecular weight is 392 g/mol. The summed E-state index contributed by atoms with van der Waals surface area (Å²) >= 11 is 0. The summed E-state index contributed by atoms with van der Waals surface area (Å²) in [6.45, 7) is 1.78. The lowest BCUT2D eigenvalue weighted by atomic mass is 9.97. The number of rotatable bonds is 6. The monoisotopic (exact) mass is 392 g/mol. The van der Waals surface area contributed by atoms with Crippen LogP contribution in [-0.2, 0) is 22.7 Å². The highest BCUT2D eigenvalue weighted by Gasteiger charge is 2.27. The van der Waals surface area contributed by atoms with E-state index < -0.39 is 5.97 Å². The lowest BCUT2D eigenvalue weighted by Crippen LogP contribution is -2.41. The van der Waals surface area contributed by atoms with Crippen LogP contribution in [0.1, 0.15) is 18.4 Å². The Morgan fingerprint density at radius 1 is 1.03 bits per heavy atom. The molecule has 1 N–H and O–H groups in total. The van der Waals surface area contributed by atoms with Crippen molar-refractivity contribution in [1.82, 2.24) is 9.47 Å². The second-order valence-electron chi connectivity index (χ2n) is 7.43. The number of amides is 1. The van der Waals surface area contributed by atoms with Crippen LogP contribution in [0.25, 0.3) is 10.9 Å². The normalized spacial score (nSPS) is 14.8. The molecule has 29 heavy (non-hydrogen) atoms. The second kappa shape index (κ2) is 8.39. The van der Waals surface area contributed by atoms with Gasteiger partial charge in [0.25, 0.3) is 0 Å². The molecule has 150 valence electrons. The molecule has 6 heteroatoms. The predicted octanol–water partition coefficient (Wildman–Crippen LogP) is 3.54. The number of ether oxygens (including phenoxy) is 1. The van der Waals surface area contributed by atoms with Crippen LogP contribution in [0.2, 0.25) is 0 Å². The summed E-state index contributed by atoms with van der Waals surface area (Å²) in [6.07, 6.45) is 2.96. The smallest absolute Gasteiger partial charge is 0.306 e. The number of benzene rings is 2. The lowest BCUT2D eigenvalue weighted by Gasteiger charge is -2.30. The van der Waals surface area contributed by atoms with Gasteiger partial charge in [-0.1, -0.05) is 30.3 Å². The van der Waals surface area contributed by atoms with Gasteiger partial charge >= 0.3 is 5.97 Å². The molecule has 1 fully saturated rings. The van der Waals surface area contributed by atoms with Gasteiger partial charge in [0, 0.05) is 30.2 Å². The number of nitrogens with zero attached hydrogens (tertiary/aromatic N) is 2. The van der Waals surface area contributed by atoms with E-state index >= 15 is 0 Å². The molecule has 0 radical (unpaired) electrons. The third-order valence-electron chi connectivity index (χ3n) is 5.49. The van der Waals surface area contributed by atoms with Gasteiger partial charge in [-0.15, -0.1) is 0 Å². The number of likely N-dealkylation sites (tertiary alicyclic amines) is 1. The topological polar surface area (TPSA) is 71.8 Å². The molecule has 1 aromatic heterocycles. The first-order valence-corrected chi connectivity index (χ1v) is 9.86. The summed E-state index contributed by atoms with van der Waals surface area (Å²) in [5, 5.41) is 10.1. The van der Waals surface area contributed by atoms with Gasteiger partial charge in [-0.05, 0) is 42.7 Å². The molecule has 6 nitrogen and oxygen atoms in total. The third-order valence-corrected chi connectivity index (χ3v) is 5.49. The first-order valence-electron chi connectivity index (χ1n) is 9.86. The molecule has 0 unspecified atom stereocenters. The molecule has 4 rings (SSSR count). The minimum Gasteiger partial charge on any atom is -0.489 e. The highest BCUT2D eigenvalue weighted by molar-refractivity contribution is 5.84. The summed E-state index contributed by atoms with van der Waals surface area (Å²) < 4.78 is 7.82. The summed E-state index contributed by atoms with van der Waals surface area (Å²) in [4.78, 5) is 25.5. The molecule has 3 aromatic rings. The number of hydrogen-bond donors (Lipinski definition) is 1. The van der Waals surface area contributed by atoms with Crippen LogP contribution in [0.5, 0.6) is 5.75 Å². The number of aromatic nitrogens is 1. The molecule has 2 aromatic carbocycles. The molecule has 1 amide bonds. The van der Waals surface area contributed by atoms with E-state index in [9.17, 15) is 9.59 Å². The second-order valence-corrected chi connectivity index (χ2v) is 7.43. The van der Waals surface area contributed by atoms with Crippen LogP contribution in [0.15, 0.2) is 60.8 Å². The Labute approximate surface area is 169 Å². The maximum absolute atomic E-state index is 12.6. The molecule has 0 saturated carbocycles. The van der Waals surface area contributed by atoms with E-state index in [0.717, 1.165) is 22.2 Å². The fourth-order valence-electron chi connectivity index (χ4n) is 3.77. The highest BCUT2D eigenvalue weighted by atomic mass is 16.5. The number of carboxylic acid groups (broad SMARTS) is 1. The van der Waals surface area contributed by atoms with Crippen LogP contribution in [0.3, 0.4) is 0 Å². The fraction of sp³-hybridized carbons (Fsp3) is 0.304. The molecular weight excluding hydrogens is 368 g/mol. The van der Waals surface area contributed by atoms with Gasteiger partial charge in [-0.3, -0.25) is 9.59 Å². The molecule has 0 bridgehead atoms. The van der Waals surface area contributed by atoms with E-state index in [1.165, 1.54) is 0 Å². The number of carboxylic acids is 1. The minimum atomic E-state index is -0.765. The number of hydrogen-bond acceptors (Lipinski definition) is 3. The minimum absolute atomic E-state index is 0.0238. The van der Waals surface area contributed by atoms with Gasteiger partial charge in [0.1, 0.15) is 18.9 Å². The Balaban J connectivity index is 1.39. The summed E-state index contributed by atoms with van der Waals surface area (Å²) in [5.41, 5.74) is 2.09. The van der Waals surface area contributed by atoms with Gasteiger partial charge in [-0.2, -0.15) is 0 Å². The number of aliphatic carboxylic acids is 1. The van der Waals surface area contributed by atoms with Crippen molar-refractivity contribution in [3.05, 3.63) is 66.4 Å². The van der Waals surface area contributed by atoms with Crippen molar-refractivity contribution in [2.24, 2.45) is 5.92 Å². The largest absolute Gasteiger partial charge is 0.489 e. The predicted molar refractivity (Wildman–Crippen MR) is 110 cm³/mol. The van der Waals surface area contributed by atoms with E-state index in [1.54, 1.807) is 4.90 Å². The average Bonchev–Trinajstić information content (AvgIpc) is 3.15. The van der Waals surface area contributed by atoms with Crippen LogP contribution in [0.4, 0.5) is 0 Å². The standard InChI is InChI=1S/C23H24N2O4/c26-22(24-11-8-18(9-12-24)23(27)28)15-25-13-10-19-14-20(6-7-21(19)25)29-16-17-4-2-1-3-5-17/h1-7,10,13-14,18H,8-9,11-12,15-16H2,(H,27,28). The van der Waals surface area contributed by atoms with Gasteiger partial charge in [0.05, 0.1) is 5.92 Å². The van der Waals surface area contributed by atoms with E-state index in [-0.39, 0.29) is 18.4 Å². The van der Waals surface area contributed by atoms with Crippen molar-refractivity contribution < 1.29 is 19.4 Å². The van der Waals surface area contributed by atoms with E-state index in [0.29, 0.717) is 32.5 Å². The number of fused-ring (bicyclic) bond motifs is 1. The van der Waals surface area contributed by atoms with Crippen molar-refractivity contribution >= 4 is 22.8 Å². The first-order chi connectivity index (χ1) is 14.1. The number of carbonyl (C=O) groups is 2. The van der Waals surface area contributed by atoms with E-state index in [4.69, 9.17) is 9.84 Å². The zero-order chi connectivity index (χ0) is 20.2. The maximum Gasteiger partial charge on any atom is 0.306 e. The Morgan fingerprint density at radius 2 is 1.79 bits per heavy atom. The van der Waals surface area contributed by atoms with Gasteiger partial charge in [-0.25, -0.2) is 0 Å². The van der Waals surface area contributed by atoms with E-state index in [2.05, 4.69) is 0 Å². The fourth-order valence-corrected chi connectivity index (χ4v) is 3.77. The van der Waals surface area contributed by atoms with Crippen molar-refractivity contribution in [3.8, 4) is 5.75 Å². The Kier molecular flexibility index (Phi) is 5.51. The molecule has 1 aliphatic heterocycles. The van der Waals surface area contributed by atoms with Crippen LogP contribution in [0, 0.1) is 5.92 Å². The quantitative estimate of drug-likeness (QED) is 0.696. The molecular formula is C23H24N2O4. The first kappa shape index (κ1) is 19.1. The Hall–Kier alpha value is -3.28. The van der Waals surface area contributed by atoms with E-state index in [1.807, 2.05) is 65.4 Å². The van der Waals surface area contributed by atoms with Crippen LogP contribution < -0.4 is 4.74 Å². The maximum atomic E-state index is 12.6. The molecule has 1 saturated heterocycles. The highest BCUT2D eigenvalue weighted by Crippen LogP contribution is 2.24. The van der Waals surface area contributed by atoms with Crippen LogP contribution >= 0.6 is 0 Å². The third kappa shape index (κ3) is 4.42. The summed E-state index contributed by atoms with van der Waals surface area (Å²) in [6, 6.07) is 17.9. The Bertz CT molecular complexity index is 1000. The van der Waals surface area contributed by atoms with Crippen molar-refractivity contribution in [2.45, 2.75) is 26.0 Å². The zero-order valence-electron chi connectivity index (χ0n) is 16.2. The van der Waals surface area contributed by atoms with Crippen molar-refractivity contribution in [3.63, 3.8) is 0 Å². The number of carbonyl (C=O) groups excluding carboxylic acids is 1. The summed E-state index contributed by atoms with van der Waals surface area (Å²) in [5.74, 6) is -0.281. The Morgan fingerprint density at radius 3 is 2.52 bits per heavy atom. The van der Waals surface area contributed by atoms with Crippen molar-refractivity contribution in [1.29, 1.82) is 0 Å². The summed E-state index contributed by atoms with van der Waals surface area (Å²) in [7, 11) is 0. The molecule has 0 spiro atoms. The molecule has 0 aliphatic carbocycles. The number of piperidine rings is 1. The molecule has 0 atom stereocenters. The van der Waals surface area contributed by atoms with Crippen LogP contribution in [-0.4, -0.2) is 39.5 Å². The SMILES string of the molecule is O=C(O)C1CCN(C(=O)Cn2ccc3cc(OCc4ccccc4)ccc32)CC1. The molecule has 2 heterocycles. The van der Waals surface area contributed by atoms with Crippen molar-refractivity contribution in [2.75, 3.05) is 13.1 Å². The zero-order valence-corrected chi connectivity index (χ0v) is 16.2. The molecule has 1 aliphatic rings.